The van der Waals surface area contributed by atoms with Crippen LogP contribution in [0.4, 0.5) is 9.52 Å². The van der Waals surface area contributed by atoms with Gasteiger partial charge in [-0.05, 0) is 48.5 Å². The summed E-state index contributed by atoms with van der Waals surface area (Å²) in [5, 5.41) is 0.331. The number of para-hydroxylation sites is 1. The number of hydrogen-bond donors (Lipinski definition) is 0. The van der Waals surface area contributed by atoms with Gasteiger partial charge in [-0.1, -0.05) is 23.5 Å². The second-order valence-corrected chi connectivity index (χ2v) is 9.62. The van der Waals surface area contributed by atoms with Gasteiger partial charge < -0.3 is 0 Å². The Morgan fingerprint density at radius 3 is 2.47 bits per heavy atom. The van der Waals surface area contributed by atoms with Crippen LogP contribution < -0.4 is 4.90 Å². The van der Waals surface area contributed by atoms with Crippen molar-refractivity contribution >= 4 is 42.4 Å². The first-order valence-corrected chi connectivity index (χ1v) is 11.6. The molecule has 152 valence electrons. The Kier molecular flexibility index (Phi) is 5.31. The van der Waals surface area contributed by atoms with E-state index >= 15 is 0 Å². The van der Waals surface area contributed by atoms with Crippen molar-refractivity contribution in [3.8, 4) is 0 Å². The van der Waals surface area contributed by atoms with E-state index in [0.29, 0.717) is 15.5 Å². The third-order valence-corrected chi connectivity index (χ3v) is 6.58. The number of aromatic nitrogens is 2. The Labute approximate surface area is 176 Å². The molecule has 9 heteroatoms. The van der Waals surface area contributed by atoms with Crippen LogP contribution in [0.2, 0.25) is 0 Å². The topological polar surface area (TPSA) is 80.2 Å². The standard InChI is InChI=1S/C21H16FN3O3S2/c1-30(27,28)16-10-8-14(9-11-16)20(26)25(13-15-5-2-3-12-23-15)21-24-19-17(22)6-4-7-18(19)29-21/h2-12H,13H2,1H3. The fraction of sp³-hybridized carbons (Fsp3) is 0.0952. The van der Waals surface area contributed by atoms with Crippen LogP contribution in [0.3, 0.4) is 0 Å². The molecule has 30 heavy (non-hydrogen) atoms. The van der Waals surface area contributed by atoms with Crippen molar-refractivity contribution < 1.29 is 17.6 Å². The molecule has 2 aromatic heterocycles. The number of halogens is 1. The maximum Gasteiger partial charge on any atom is 0.260 e. The molecule has 4 rings (SSSR count). The number of rotatable bonds is 5. The van der Waals surface area contributed by atoms with Gasteiger partial charge in [0.25, 0.3) is 5.91 Å². The number of thiazole rings is 1. The normalized spacial score (nSPS) is 11.5. The molecule has 0 atom stereocenters. The second-order valence-electron chi connectivity index (χ2n) is 6.59. The number of pyridine rings is 1. The third-order valence-electron chi connectivity index (χ3n) is 4.41. The number of carbonyl (C=O) groups is 1. The lowest BCUT2D eigenvalue weighted by atomic mass is 10.2. The maximum atomic E-state index is 14.1. The number of amides is 1. The highest BCUT2D eigenvalue weighted by Gasteiger charge is 2.23. The van der Waals surface area contributed by atoms with E-state index in [1.807, 2.05) is 6.07 Å². The Balaban J connectivity index is 1.76. The van der Waals surface area contributed by atoms with E-state index in [0.717, 1.165) is 6.26 Å². The van der Waals surface area contributed by atoms with Gasteiger partial charge in [0.2, 0.25) is 0 Å². The van der Waals surface area contributed by atoms with Crippen LogP contribution in [0.5, 0.6) is 0 Å². The number of hydrogen-bond acceptors (Lipinski definition) is 6. The molecule has 0 saturated heterocycles. The molecule has 6 nitrogen and oxygen atoms in total. The number of carbonyl (C=O) groups excluding carboxylic acids is 1. The monoisotopic (exact) mass is 441 g/mol. The molecule has 1 amide bonds. The van der Waals surface area contributed by atoms with E-state index in [2.05, 4.69) is 9.97 Å². The van der Waals surface area contributed by atoms with Crippen LogP contribution in [-0.4, -0.2) is 30.5 Å². The van der Waals surface area contributed by atoms with Crippen molar-refractivity contribution in [1.82, 2.24) is 9.97 Å². The lowest BCUT2D eigenvalue weighted by molar-refractivity contribution is 0.0984. The molecule has 0 aliphatic carbocycles. The molecule has 2 heterocycles. The summed E-state index contributed by atoms with van der Waals surface area (Å²) in [4.78, 5) is 23.4. The molecule has 0 aliphatic rings. The summed E-state index contributed by atoms with van der Waals surface area (Å²) in [6, 6.07) is 15.7. The van der Waals surface area contributed by atoms with Gasteiger partial charge >= 0.3 is 0 Å². The van der Waals surface area contributed by atoms with Gasteiger partial charge in [0.1, 0.15) is 11.3 Å². The van der Waals surface area contributed by atoms with Gasteiger partial charge in [0.15, 0.2) is 15.0 Å². The third kappa shape index (κ3) is 4.07. The summed E-state index contributed by atoms with van der Waals surface area (Å²) in [5.74, 6) is -0.849. The van der Waals surface area contributed by atoms with E-state index in [9.17, 15) is 17.6 Å². The summed E-state index contributed by atoms with van der Waals surface area (Å²) in [5.41, 5.74) is 1.13. The number of nitrogens with zero attached hydrogens (tertiary/aromatic N) is 3. The molecule has 0 spiro atoms. The SMILES string of the molecule is CS(=O)(=O)c1ccc(C(=O)N(Cc2ccccn2)c2nc3c(F)cccc3s2)cc1. The molecule has 0 fully saturated rings. The van der Waals surface area contributed by atoms with Crippen LogP contribution in [0, 0.1) is 5.82 Å². The molecule has 0 saturated carbocycles. The molecule has 0 radical (unpaired) electrons. The van der Waals surface area contributed by atoms with Crippen molar-refractivity contribution in [2.24, 2.45) is 0 Å². The average molecular weight is 442 g/mol. The Morgan fingerprint density at radius 1 is 1.07 bits per heavy atom. The van der Waals surface area contributed by atoms with Crippen LogP contribution in [0.15, 0.2) is 71.8 Å². The van der Waals surface area contributed by atoms with Crippen molar-refractivity contribution in [3.05, 3.63) is 83.9 Å². The molecule has 0 unspecified atom stereocenters. The Morgan fingerprint density at radius 2 is 1.83 bits per heavy atom. The highest BCUT2D eigenvalue weighted by Crippen LogP contribution is 2.32. The summed E-state index contributed by atoms with van der Waals surface area (Å²) < 4.78 is 38.2. The van der Waals surface area contributed by atoms with Gasteiger partial charge in [-0.2, -0.15) is 0 Å². The Hall–Kier alpha value is -3.17. The second kappa shape index (κ2) is 7.92. The van der Waals surface area contributed by atoms with Crippen molar-refractivity contribution in [1.29, 1.82) is 0 Å². The zero-order chi connectivity index (χ0) is 21.3. The molecule has 4 aromatic rings. The van der Waals surface area contributed by atoms with E-state index in [4.69, 9.17) is 0 Å². The van der Waals surface area contributed by atoms with Gasteiger partial charge in [0, 0.05) is 18.0 Å². The molecule has 0 bridgehead atoms. The molecular formula is C21H16FN3O3S2. The largest absolute Gasteiger partial charge is 0.278 e. The van der Waals surface area contributed by atoms with E-state index in [1.54, 1.807) is 30.5 Å². The number of benzene rings is 2. The molecule has 2 aromatic carbocycles. The smallest absolute Gasteiger partial charge is 0.260 e. The number of anilines is 1. The van der Waals surface area contributed by atoms with E-state index in [1.165, 1.54) is 46.6 Å². The fourth-order valence-corrected chi connectivity index (χ4v) is 4.51. The van der Waals surface area contributed by atoms with Crippen molar-refractivity contribution in [2.45, 2.75) is 11.4 Å². The first-order valence-electron chi connectivity index (χ1n) is 8.90. The van der Waals surface area contributed by atoms with Crippen LogP contribution in [-0.2, 0) is 16.4 Å². The van der Waals surface area contributed by atoms with Gasteiger partial charge in [0.05, 0.1) is 21.8 Å². The van der Waals surface area contributed by atoms with Crippen molar-refractivity contribution in [2.75, 3.05) is 11.2 Å². The fourth-order valence-electron chi connectivity index (χ4n) is 2.90. The number of sulfone groups is 1. The maximum absolute atomic E-state index is 14.1. The van der Waals surface area contributed by atoms with Crippen molar-refractivity contribution in [3.63, 3.8) is 0 Å². The van der Waals surface area contributed by atoms with Crippen LogP contribution >= 0.6 is 11.3 Å². The van der Waals surface area contributed by atoms with Gasteiger partial charge in [-0.25, -0.2) is 17.8 Å². The van der Waals surface area contributed by atoms with Crippen LogP contribution in [0.1, 0.15) is 16.1 Å². The lowest BCUT2D eigenvalue weighted by Gasteiger charge is -2.19. The Bertz CT molecular complexity index is 1320. The molecular weight excluding hydrogens is 425 g/mol. The summed E-state index contributed by atoms with van der Waals surface area (Å²) in [6.07, 6.45) is 2.73. The van der Waals surface area contributed by atoms with Gasteiger partial charge in [-0.15, -0.1) is 0 Å². The van der Waals surface area contributed by atoms with Crippen LogP contribution in [0.25, 0.3) is 10.2 Å². The number of fused-ring (bicyclic) bond motifs is 1. The zero-order valence-electron chi connectivity index (χ0n) is 15.8. The van der Waals surface area contributed by atoms with E-state index in [-0.39, 0.29) is 28.4 Å². The quantitative estimate of drug-likeness (QED) is 0.466. The minimum Gasteiger partial charge on any atom is -0.278 e. The zero-order valence-corrected chi connectivity index (χ0v) is 17.5. The summed E-state index contributed by atoms with van der Waals surface area (Å²) >= 11 is 1.20. The molecule has 0 N–H and O–H groups in total. The minimum atomic E-state index is -3.38. The minimum absolute atomic E-state index is 0.123. The van der Waals surface area contributed by atoms with E-state index < -0.39 is 15.7 Å². The summed E-state index contributed by atoms with van der Waals surface area (Å²) in [7, 11) is -3.38. The highest BCUT2D eigenvalue weighted by molar-refractivity contribution is 7.90. The predicted octanol–water partition coefficient (Wildman–Crippen LogP) is 4.08. The average Bonchev–Trinajstić information content (AvgIpc) is 3.17. The lowest BCUT2D eigenvalue weighted by Crippen LogP contribution is -2.30. The highest BCUT2D eigenvalue weighted by atomic mass is 32.2. The van der Waals surface area contributed by atoms with Gasteiger partial charge in [-0.3, -0.25) is 14.7 Å². The molecule has 0 aliphatic heterocycles. The first kappa shape index (κ1) is 20.1. The first-order chi connectivity index (χ1) is 14.3. The summed E-state index contributed by atoms with van der Waals surface area (Å²) in [6.45, 7) is 0.134. The predicted molar refractivity (Wildman–Crippen MR) is 114 cm³/mol.